The molecule has 0 fully saturated rings. The summed E-state index contributed by atoms with van der Waals surface area (Å²) in [6.45, 7) is 10.3. The molecule has 0 bridgehead atoms. The molecule has 0 saturated heterocycles. The summed E-state index contributed by atoms with van der Waals surface area (Å²) in [5, 5.41) is 21.3. The van der Waals surface area contributed by atoms with Gasteiger partial charge in [0.15, 0.2) is 5.82 Å². The van der Waals surface area contributed by atoms with Gasteiger partial charge in [-0.3, -0.25) is 20.2 Å². The van der Waals surface area contributed by atoms with Gasteiger partial charge in [-0.25, -0.2) is 0 Å². The van der Waals surface area contributed by atoms with Gasteiger partial charge in [-0.1, -0.05) is 39.0 Å². The SMILES string of the molecule is C=CCN=C(Nc1cc(C(C)(C)C)[nH]n1)c1cccc([N+](=O)[O-])c1. The first-order chi connectivity index (χ1) is 11.3. The van der Waals surface area contributed by atoms with Crippen LogP contribution in [-0.4, -0.2) is 27.5 Å². The normalized spacial score (nSPS) is 12.0. The summed E-state index contributed by atoms with van der Waals surface area (Å²) >= 11 is 0. The van der Waals surface area contributed by atoms with Crippen molar-refractivity contribution in [1.82, 2.24) is 10.2 Å². The zero-order chi connectivity index (χ0) is 17.7. The minimum Gasteiger partial charge on any atom is -0.323 e. The molecule has 0 aliphatic carbocycles. The quantitative estimate of drug-likeness (QED) is 0.288. The third-order valence-corrected chi connectivity index (χ3v) is 3.34. The molecule has 2 rings (SSSR count). The van der Waals surface area contributed by atoms with E-state index in [1.54, 1.807) is 18.2 Å². The number of nitro benzene ring substituents is 1. The standard InChI is InChI=1S/C17H21N5O2/c1-5-9-18-16(12-7-6-8-13(10-12)22(23)24)19-15-11-14(20-21-15)17(2,3)4/h5-8,10-11H,1,9H2,2-4H3,(H2,18,19,20,21). The summed E-state index contributed by atoms with van der Waals surface area (Å²) in [5.41, 5.74) is 1.55. The lowest BCUT2D eigenvalue weighted by Gasteiger charge is -2.14. The topological polar surface area (TPSA) is 96.2 Å². The Bertz CT molecular complexity index is 771. The molecule has 126 valence electrons. The van der Waals surface area contributed by atoms with Gasteiger partial charge in [0.25, 0.3) is 5.69 Å². The molecule has 24 heavy (non-hydrogen) atoms. The van der Waals surface area contributed by atoms with E-state index in [0.29, 0.717) is 23.8 Å². The summed E-state index contributed by atoms with van der Waals surface area (Å²) in [6.07, 6.45) is 1.66. The van der Waals surface area contributed by atoms with Gasteiger partial charge >= 0.3 is 0 Å². The second kappa shape index (κ2) is 7.08. The maximum Gasteiger partial charge on any atom is 0.270 e. The number of nitro groups is 1. The number of hydrogen-bond donors (Lipinski definition) is 2. The highest BCUT2D eigenvalue weighted by atomic mass is 16.6. The second-order valence-corrected chi connectivity index (χ2v) is 6.33. The predicted molar refractivity (Wildman–Crippen MR) is 95.6 cm³/mol. The molecule has 1 heterocycles. The van der Waals surface area contributed by atoms with Gasteiger partial charge in [-0.05, 0) is 0 Å². The fourth-order valence-corrected chi connectivity index (χ4v) is 2.02. The van der Waals surface area contributed by atoms with Gasteiger partial charge in [0.2, 0.25) is 0 Å². The molecule has 0 amide bonds. The number of benzene rings is 1. The molecular formula is C17H21N5O2. The first-order valence-electron chi connectivity index (χ1n) is 7.54. The van der Waals surface area contributed by atoms with Crippen LogP contribution < -0.4 is 5.32 Å². The lowest BCUT2D eigenvalue weighted by atomic mass is 9.92. The summed E-state index contributed by atoms with van der Waals surface area (Å²) in [7, 11) is 0. The highest BCUT2D eigenvalue weighted by Gasteiger charge is 2.18. The lowest BCUT2D eigenvalue weighted by molar-refractivity contribution is -0.384. The number of rotatable bonds is 5. The van der Waals surface area contributed by atoms with Gasteiger partial charge in [0.05, 0.1) is 11.5 Å². The molecule has 7 nitrogen and oxygen atoms in total. The van der Waals surface area contributed by atoms with E-state index in [1.165, 1.54) is 12.1 Å². The number of aliphatic imine (C=N–C) groups is 1. The molecule has 0 aliphatic rings. The van der Waals surface area contributed by atoms with Crippen LogP contribution in [0.1, 0.15) is 32.0 Å². The van der Waals surface area contributed by atoms with E-state index in [4.69, 9.17) is 0 Å². The molecule has 0 spiro atoms. The molecule has 0 aliphatic heterocycles. The number of anilines is 1. The van der Waals surface area contributed by atoms with Crippen molar-refractivity contribution in [2.24, 2.45) is 4.99 Å². The van der Waals surface area contributed by atoms with Crippen molar-refractivity contribution in [3.05, 3.63) is 64.4 Å². The Morgan fingerprint density at radius 3 is 2.79 bits per heavy atom. The smallest absolute Gasteiger partial charge is 0.270 e. The van der Waals surface area contributed by atoms with Crippen molar-refractivity contribution < 1.29 is 4.92 Å². The maximum absolute atomic E-state index is 11.0. The number of non-ortho nitro benzene ring substituents is 1. The van der Waals surface area contributed by atoms with Crippen molar-refractivity contribution >= 4 is 17.3 Å². The minimum atomic E-state index is -0.430. The van der Waals surface area contributed by atoms with E-state index in [-0.39, 0.29) is 11.1 Å². The Balaban J connectivity index is 2.33. The molecular weight excluding hydrogens is 306 g/mol. The third-order valence-electron chi connectivity index (χ3n) is 3.34. The Morgan fingerprint density at radius 1 is 1.46 bits per heavy atom. The van der Waals surface area contributed by atoms with Crippen molar-refractivity contribution in [3.8, 4) is 0 Å². The van der Waals surface area contributed by atoms with E-state index >= 15 is 0 Å². The molecule has 2 N–H and O–H groups in total. The van der Waals surface area contributed by atoms with Crippen LogP contribution in [0.3, 0.4) is 0 Å². The van der Waals surface area contributed by atoms with Gasteiger partial charge in [0, 0.05) is 34.9 Å². The average Bonchev–Trinajstić information content (AvgIpc) is 3.00. The zero-order valence-electron chi connectivity index (χ0n) is 14.0. The first-order valence-corrected chi connectivity index (χ1v) is 7.54. The van der Waals surface area contributed by atoms with Crippen LogP contribution >= 0.6 is 0 Å². The molecule has 2 aromatic rings. The zero-order valence-corrected chi connectivity index (χ0v) is 14.0. The van der Waals surface area contributed by atoms with Crippen LogP contribution in [0.25, 0.3) is 0 Å². The van der Waals surface area contributed by atoms with Crippen molar-refractivity contribution in [2.75, 3.05) is 11.9 Å². The van der Waals surface area contributed by atoms with Crippen LogP contribution in [0.2, 0.25) is 0 Å². The lowest BCUT2D eigenvalue weighted by Crippen LogP contribution is -2.15. The monoisotopic (exact) mass is 327 g/mol. The molecule has 1 aromatic carbocycles. The number of aromatic nitrogens is 2. The van der Waals surface area contributed by atoms with E-state index in [2.05, 4.69) is 47.9 Å². The van der Waals surface area contributed by atoms with Crippen LogP contribution in [-0.2, 0) is 5.41 Å². The van der Waals surface area contributed by atoms with Crippen LogP contribution in [0.15, 0.2) is 48.0 Å². The van der Waals surface area contributed by atoms with E-state index in [9.17, 15) is 10.1 Å². The van der Waals surface area contributed by atoms with Crippen LogP contribution in [0.4, 0.5) is 11.5 Å². The first kappa shape index (κ1) is 17.4. The number of aromatic amines is 1. The number of nitrogens with zero attached hydrogens (tertiary/aromatic N) is 3. The van der Waals surface area contributed by atoms with Crippen molar-refractivity contribution in [1.29, 1.82) is 0 Å². The Hall–Kier alpha value is -2.96. The number of H-pyrrole nitrogens is 1. The van der Waals surface area contributed by atoms with Crippen LogP contribution in [0.5, 0.6) is 0 Å². The minimum absolute atomic E-state index is 0.0120. The largest absolute Gasteiger partial charge is 0.323 e. The average molecular weight is 327 g/mol. The summed E-state index contributed by atoms with van der Waals surface area (Å²) in [4.78, 5) is 14.9. The maximum atomic E-state index is 11.0. The van der Waals surface area contributed by atoms with Gasteiger partial charge in [-0.2, -0.15) is 5.10 Å². The van der Waals surface area contributed by atoms with Crippen molar-refractivity contribution in [2.45, 2.75) is 26.2 Å². The number of amidine groups is 1. The fraction of sp³-hybridized carbons (Fsp3) is 0.294. The summed E-state index contributed by atoms with van der Waals surface area (Å²) < 4.78 is 0. The molecule has 1 aromatic heterocycles. The van der Waals surface area contributed by atoms with E-state index in [0.717, 1.165) is 5.69 Å². The summed E-state index contributed by atoms with van der Waals surface area (Å²) in [6, 6.07) is 8.22. The molecule has 0 atom stereocenters. The molecule has 7 heteroatoms. The molecule has 0 saturated carbocycles. The fourth-order valence-electron chi connectivity index (χ4n) is 2.02. The summed E-state index contributed by atoms with van der Waals surface area (Å²) in [5.74, 6) is 1.11. The van der Waals surface area contributed by atoms with E-state index < -0.39 is 4.92 Å². The highest BCUT2D eigenvalue weighted by molar-refractivity contribution is 6.08. The Morgan fingerprint density at radius 2 is 2.21 bits per heavy atom. The van der Waals surface area contributed by atoms with E-state index in [1.807, 2.05) is 6.07 Å². The third kappa shape index (κ3) is 4.28. The number of hydrogen-bond acceptors (Lipinski definition) is 4. The van der Waals surface area contributed by atoms with Gasteiger partial charge in [-0.15, -0.1) is 6.58 Å². The Kier molecular flexibility index (Phi) is 5.13. The van der Waals surface area contributed by atoms with Crippen molar-refractivity contribution in [3.63, 3.8) is 0 Å². The van der Waals surface area contributed by atoms with Gasteiger partial charge < -0.3 is 5.32 Å². The Labute approximate surface area is 140 Å². The predicted octanol–water partition coefficient (Wildman–Crippen LogP) is 3.66. The number of nitrogens with one attached hydrogen (secondary N) is 2. The molecule has 0 unspecified atom stereocenters. The van der Waals surface area contributed by atoms with Gasteiger partial charge in [0.1, 0.15) is 5.84 Å². The second-order valence-electron chi connectivity index (χ2n) is 6.33. The van der Waals surface area contributed by atoms with Crippen LogP contribution in [0, 0.1) is 10.1 Å². The molecule has 0 radical (unpaired) electrons. The highest BCUT2D eigenvalue weighted by Crippen LogP contribution is 2.22.